The van der Waals surface area contributed by atoms with Crippen LogP contribution in [-0.4, -0.2) is 28.7 Å². The maximum Gasteiger partial charge on any atom is 0.311 e. The first-order chi connectivity index (χ1) is 12.0. The van der Waals surface area contributed by atoms with E-state index < -0.39 is 5.25 Å². The molecular weight excluding hydrogens is 358 g/mol. The van der Waals surface area contributed by atoms with Crippen molar-refractivity contribution in [1.29, 1.82) is 5.26 Å². The minimum absolute atomic E-state index is 0.126. The molecule has 1 aromatic heterocycles. The van der Waals surface area contributed by atoms with Gasteiger partial charge in [0.05, 0.1) is 35.2 Å². The average Bonchev–Trinajstić information content (AvgIpc) is 3.02. The predicted molar refractivity (Wildman–Crippen MR) is 97.6 cm³/mol. The van der Waals surface area contributed by atoms with E-state index in [1.165, 1.54) is 23.1 Å². The summed E-state index contributed by atoms with van der Waals surface area (Å²) in [7, 11) is 0. The molecule has 0 saturated heterocycles. The predicted octanol–water partition coefficient (Wildman–Crippen LogP) is 3.24. The Balaban J connectivity index is 1.94. The lowest BCUT2D eigenvalue weighted by Crippen LogP contribution is -2.22. The van der Waals surface area contributed by atoms with Crippen LogP contribution in [0.1, 0.15) is 25.1 Å². The maximum atomic E-state index is 12.3. The molecule has 0 aliphatic carbocycles. The molecule has 2 aromatic rings. The third kappa shape index (κ3) is 5.59. The topological polar surface area (TPSA) is 92.1 Å². The molecule has 0 bridgehead atoms. The number of thiazole rings is 1. The zero-order chi connectivity index (χ0) is 18.2. The van der Waals surface area contributed by atoms with Crippen molar-refractivity contribution in [2.75, 3.05) is 11.9 Å². The van der Waals surface area contributed by atoms with Crippen molar-refractivity contribution in [2.24, 2.45) is 0 Å². The number of hydrogen-bond donors (Lipinski definition) is 1. The number of nitriles is 1. The summed E-state index contributed by atoms with van der Waals surface area (Å²) in [6.07, 6.45) is 0.126. The summed E-state index contributed by atoms with van der Waals surface area (Å²) < 4.78 is 5.60. The van der Waals surface area contributed by atoms with Gasteiger partial charge in [-0.05, 0) is 26.0 Å². The van der Waals surface area contributed by atoms with Gasteiger partial charge < -0.3 is 10.1 Å². The first kappa shape index (κ1) is 19.0. The minimum Gasteiger partial charge on any atom is -0.466 e. The van der Waals surface area contributed by atoms with Crippen molar-refractivity contribution in [1.82, 2.24) is 4.98 Å². The second-order valence-corrected chi connectivity index (χ2v) is 7.44. The van der Waals surface area contributed by atoms with Crippen LogP contribution in [0.4, 0.5) is 5.69 Å². The third-order valence-corrected chi connectivity index (χ3v) is 5.23. The highest BCUT2D eigenvalue weighted by Gasteiger charge is 2.18. The highest BCUT2D eigenvalue weighted by atomic mass is 32.2. The second-order valence-electron chi connectivity index (χ2n) is 4.99. The van der Waals surface area contributed by atoms with Gasteiger partial charge in [0.1, 0.15) is 6.07 Å². The Labute approximate surface area is 154 Å². The number of benzene rings is 1. The van der Waals surface area contributed by atoms with Gasteiger partial charge in [-0.25, -0.2) is 4.98 Å². The van der Waals surface area contributed by atoms with Crippen LogP contribution in [0.5, 0.6) is 0 Å². The molecule has 1 N–H and O–H groups in total. The minimum atomic E-state index is -0.395. The van der Waals surface area contributed by atoms with Crippen LogP contribution < -0.4 is 5.32 Å². The van der Waals surface area contributed by atoms with Crippen molar-refractivity contribution in [3.05, 3.63) is 40.9 Å². The largest absolute Gasteiger partial charge is 0.466 e. The number of carbonyl (C=O) groups excluding carboxylic acids is 2. The number of esters is 1. The maximum absolute atomic E-state index is 12.3. The highest BCUT2D eigenvalue weighted by Crippen LogP contribution is 2.28. The van der Waals surface area contributed by atoms with Crippen LogP contribution in [0.2, 0.25) is 0 Å². The van der Waals surface area contributed by atoms with Gasteiger partial charge in [0, 0.05) is 5.38 Å². The Morgan fingerprint density at radius 3 is 2.92 bits per heavy atom. The number of anilines is 1. The van der Waals surface area contributed by atoms with E-state index in [1.807, 2.05) is 6.07 Å². The molecule has 0 fully saturated rings. The zero-order valence-electron chi connectivity index (χ0n) is 13.8. The molecule has 1 amide bonds. The van der Waals surface area contributed by atoms with Crippen LogP contribution >= 0.6 is 23.1 Å². The van der Waals surface area contributed by atoms with E-state index in [-0.39, 0.29) is 18.3 Å². The molecule has 6 nitrogen and oxygen atoms in total. The van der Waals surface area contributed by atoms with Crippen molar-refractivity contribution in [3.8, 4) is 6.07 Å². The lowest BCUT2D eigenvalue weighted by molar-refractivity contribution is -0.142. The van der Waals surface area contributed by atoms with Gasteiger partial charge in [-0.3, -0.25) is 9.59 Å². The molecule has 0 aliphatic rings. The number of amides is 1. The Bertz CT molecular complexity index is 798. The zero-order valence-corrected chi connectivity index (χ0v) is 15.4. The van der Waals surface area contributed by atoms with Crippen LogP contribution in [0.25, 0.3) is 0 Å². The lowest BCUT2D eigenvalue weighted by atomic mass is 10.2. The van der Waals surface area contributed by atoms with Gasteiger partial charge in [-0.1, -0.05) is 23.9 Å². The molecule has 25 heavy (non-hydrogen) atoms. The summed E-state index contributed by atoms with van der Waals surface area (Å²) in [6, 6.07) is 8.89. The molecule has 1 aromatic carbocycles. The van der Waals surface area contributed by atoms with Crippen molar-refractivity contribution < 1.29 is 14.3 Å². The van der Waals surface area contributed by atoms with Crippen LogP contribution in [0.3, 0.4) is 0 Å². The van der Waals surface area contributed by atoms with E-state index in [4.69, 9.17) is 10.00 Å². The Morgan fingerprint density at radius 2 is 2.20 bits per heavy atom. The van der Waals surface area contributed by atoms with Crippen molar-refractivity contribution in [3.63, 3.8) is 0 Å². The van der Waals surface area contributed by atoms with Gasteiger partial charge in [0.15, 0.2) is 4.34 Å². The Kier molecular flexibility index (Phi) is 6.98. The van der Waals surface area contributed by atoms with E-state index in [9.17, 15) is 9.59 Å². The summed E-state index contributed by atoms with van der Waals surface area (Å²) in [5, 5.41) is 13.2. The standard InChI is InChI=1S/C17H17N3O3S2/c1-3-23-15(21)8-13-10-24-17(19-13)25-11(2)16(22)20-14-7-5-4-6-12(14)9-18/h4-7,10-11H,3,8H2,1-2H3,(H,20,22)/t11-/m0/s1. The normalized spacial score (nSPS) is 11.4. The number of nitrogens with one attached hydrogen (secondary N) is 1. The average molecular weight is 375 g/mol. The van der Waals surface area contributed by atoms with Gasteiger partial charge >= 0.3 is 5.97 Å². The molecule has 0 unspecified atom stereocenters. The number of ether oxygens (including phenoxy) is 1. The number of hydrogen-bond acceptors (Lipinski definition) is 7. The first-order valence-corrected chi connectivity index (χ1v) is 9.36. The van der Waals surface area contributed by atoms with Crippen LogP contribution in [0.15, 0.2) is 34.0 Å². The SMILES string of the molecule is CCOC(=O)Cc1csc(S[C@@H](C)C(=O)Nc2ccccc2C#N)n1. The quantitative estimate of drug-likeness (QED) is 0.590. The summed E-state index contributed by atoms with van der Waals surface area (Å²) in [5.74, 6) is -0.530. The van der Waals surface area contributed by atoms with E-state index in [0.29, 0.717) is 27.9 Å². The summed E-state index contributed by atoms with van der Waals surface area (Å²) in [5.41, 5.74) is 1.54. The summed E-state index contributed by atoms with van der Waals surface area (Å²) >= 11 is 2.69. The van der Waals surface area contributed by atoms with E-state index in [1.54, 1.807) is 43.5 Å². The number of rotatable bonds is 7. The molecule has 0 spiro atoms. The fourth-order valence-electron chi connectivity index (χ4n) is 1.91. The molecule has 0 saturated carbocycles. The first-order valence-electron chi connectivity index (χ1n) is 7.60. The van der Waals surface area contributed by atoms with Crippen LogP contribution in [-0.2, 0) is 20.7 Å². The molecule has 0 aliphatic heterocycles. The number of thioether (sulfide) groups is 1. The number of nitrogens with zero attached hydrogens (tertiary/aromatic N) is 2. The number of para-hydroxylation sites is 1. The molecule has 2 rings (SSSR count). The van der Waals surface area contributed by atoms with Crippen LogP contribution in [0, 0.1) is 11.3 Å². The number of aromatic nitrogens is 1. The Hall–Kier alpha value is -2.37. The van der Waals surface area contributed by atoms with Crippen molar-refractivity contribution >= 4 is 40.7 Å². The molecule has 1 heterocycles. The fraction of sp³-hybridized carbons (Fsp3) is 0.294. The summed E-state index contributed by atoms with van der Waals surface area (Å²) in [4.78, 5) is 28.1. The van der Waals surface area contributed by atoms with E-state index in [0.717, 1.165) is 0 Å². The fourth-order valence-corrected chi connectivity index (χ4v) is 3.89. The highest BCUT2D eigenvalue weighted by molar-refractivity contribution is 8.02. The van der Waals surface area contributed by atoms with Gasteiger partial charge in [-0.15, -0.1) is 11.3 Å². The number of carbonyl (C=O) groups is 2. The van der Waals surface area contributed by atoms with Gasteiger partial charge in [0.2, 0.25) is 5.91 Å². The monoisotopic (exact) mass is 375 g/mol. The molecule has 0 radical (unpaired) electrons. The third-order valence-electron chi connectivity index (χ3n) is 3.11. The molecular formula is C17H17N3O3S2. The molecule has 130 valence electrons. The summed E-state index contributed by atoms with van der Waals surface area (Å²) in [6.45, 7) is 3.86. The molecule has 8 heteroatoms. The molecule has 1 atom stereocenters. The smallest absolute Gasteiger partial charge is 0.311 e. The second kappa shape index (κ2) is 9.20. The lowest BCUT2D eigenvalue weighted by Gasteiger charge is -2.11. The van der Waals surface area contributed by atoms with Crippen molar-refractivity contribution in [2.45, 2.75) is 29.9 Å². The van der Waals surface area contributed by atoms with E-state index in [2.05, 4.69) is 10.3 Å². The Morgan fingerprint density at radius 1 is 1.44 bits per heavy atom. The van der Waals surface area contributed by atoms with Gasteiger partial charge in [-0.2, -0.15) is 5.26 Å². The van der Waals surface area contributed by atoms with E-state index >= 15 is 0 Å². The van der Waals surface area contributed by atoms with Gasteiger partial charge in [0.25, 0.3) is 0 Å².